The first-order chi connectivity index (χ1) is 10.4. The largest absolute Gasteiger partial charge is 0.466 e. The fraction of sp³-hybridized carbons (Fsp3) is 0.692. The van der Waals surface area contributed by atoms with Gasteiger partial charge in [0.1, 0.15) is 6.20 Å². The minimum absolute atomic E-state index is 0.198. The lowest BCUT2D eigenvalue weighted by Gasteiger charge is -2.27. The fourth-order valence-corrected chi connectivity index (χ4v) is 2.72. The van der Waals surface area contributed by atoms with Gasteiger partial charge in [-0.1, -0.05) is 0 Å². The zero-order valence-electron chi connectivity index (χ0n) is 12.1. The van der Waals surface area contributed by atoms with Crippen LogP contribution in [0.25, 0.3) is 0 Å². The molecule has 1 heterocycles. The lowest BCUT2D eigenvalue weighted by atomic mass is 9.86. The molecule has 1 fully saturated rings. The van der Waals surface area contributed by atoms with E-state index in [0.29, 0.717) is 32.3 Å². The zero-order chi connectivity index (χ0) is 16.3. The molecule has 1 aromatic heterocycles. The van der Waals surface area contributed by atoms with Gasteiger partial charge in [0, 0.05) is 0 Å². The van der Waals surface area contributed by atoms with Crippen molar-refractivity contribution < 1.29 is 23.2 Å². The van der Waals surface area contributed by atoms with Crippen molar-refractivity contribution in [2.24, 2.45) is 5.92 Å². The molecule has 0 bridgehead atoms. The van der Waals surface area contributed by atoms with Crippen molar-refractivity contribution in [1.82, 2.24) is 9.78 Å². The average molecular weight is 317 g/mol. The molecule has 0 unspecified atom stereocenters. The Bertz CT molecular complexity index is 553. The molecule has 7 nitrogen and oxygen atoms in total. The van der Waals surface area contributed by atoms with E-state index in [1.807, 2.05) is 0 Å². The molecule has 0 amide bonds. The van der Waals surface area contributed by atoms with Gasteiger partial charge in [0.15, 0.2) is 0 Å². The summed E-state index contributed by atoms with van der Waals surface area (Å²) in [7, 11) is 0. The molecule has 0 radical (unpaired) electrons. The van der Waals surface area contributed by atoms with Crippen LogP contribution in [-0.2, 0) is 9.53 Å². The van der Waals surface area contributed by atoms with Crippen LogP contribution in [0.5, 0.6) is 0 Å². The van der Waals surface area contributed by atoms with Crippen molar-refractivity contribution >= 4 is 11.7 Å². The molecular formula is C13H17F2N3O4. The molecule has 1 aliphatic carbocycles. The van der Waals surface area contributed by atoms with E-state index >= 15 is 0 Å². The van der Waals surface area contributed by atoms with Crippen molar-refractivity contribution in [1.29, 1.82) is 0 Å². The number of carbonyl (C=O) groups is 1. The molecule has 0 atom stereocenters. The third-order valence-corrected chi connectivity index (χ3v) is 3.83. The van der Waals surface area contributed by atoms with Crippen molar-refractivity contribution in [3.05, 3.63) is 22.0 Å². The van der Waals surface area contributed by atoms with Gasteiger partial charge in [-0.15, -0.1) is 0 Å². The van der Waals surface area contributed by atoms with Crippen molar-refractivity contribution in [3.8, 4) is 0 Å². The first kappa shape index (κ1) is 16.3. The summed E-state index contributed by atoms with van der Waals surface area (Å²) in [4.78, 5) is 21.6. The monoisotopic (exact) mass is 317 g/mol. The molecule has 9 heteroatoms. The van der Waals surface area contributed by atoms with Crippen molar-refractivity contribution in [2.45, 2.75) is 45.1 Å². The number of nitrogens with zero attached hydrogens (tertiary/aromatic N) is 3. The molecular weight excluding hydrogens is 300 g/mol. The van der Waals surface area contributed by atoms with Crippen LogP contribution in [-0.4, -0.2) is 27.3 Å². The smallest absolute Gasteiger partial charge is 0.316 e. The summed E-state index contributed by atoms with van der Waals surface area (Å²) >= 11 is 0. The highest BCUT2D eigenvalue weighted by atomic mass is 19.3. The Morgan fingerprint density at radius 2 is 2.14 bits per heavy atom. The maximum absolute atomic E-state index is 12.8. The highest BCUT2D eigenvalue weighted by Crippen LogP contribution is 2.35. The quantitative estimate of drug-likeness (QED) is 0.473. The molecule has 0 aromatic carbocycles. The minimum atomic E-state index is -2.99. The summed E-state index contributed by atoms with van der Waals surface area (Å²) in [6.07, 6.45) is 0.271. The standard InChI is InChI=1S/C13H17F2N3O4/c1-2-22-13(19)8-3-5-9(6-4-8)17-7-10(18(20)21)11(16-17)12(14)15/h7-9,12H,2-6H2,1H3. The highest BCUT2D eigenvalue weighted by molar-refractivity contribution is 5.72. The normalized spacial score (nSPS) is 21.8. The molecule has 0 aliphatic heterocycles. The number of rotatable bonds is 5. The van der Waals surface area contributed by atoms with Gasteiger partial charge >= 0.3 is 11.7 Å². The third-order valence-electron chi connectivity index (χ3n) is 3.83. The second-order valence-corrected chi connectivity index (χ2v) is 5.19. The molecule has 0 N–H and O–H groups in total. The molecule has 22 heavy (non-hydrogen) atoms. The summed E-state index contributed by atoms with van der Waals surface area (Å²) in [6.45, 7) is 2.06. The predicted molar refractivity (Wildman–Crippen MR) is 71.5 cm³/mol. The van der Waals surface area contributed by atoms with E-state index in [-0.39, 0.29) is 17.9 Å². The van der Waals surface area contributed by atoms with Gasteiger partial charge in [0.2, 0.25) is 5.69 Å². The first-order valence-corrected chi connectivity index (χ1v) is 7.12. The van der Waals surface area contributed by atoms with Gasteiger partial charge in [-0.2, -0.15) is 5.10 Å². The summed E-state index contributed by atoms with van der Waals surface area (Å²) in [6, 6.07) is -0.211. The molecule has 0 spiro atoms. The van der Waals surface area contributed by atoms with Crippen molar-refractivity contribution in [2.75, 3.05) is 6.61 Å². The number of alkyl halides is 2. The Balaban J connectivity index is 2.07. The molecule has 0 saturated heterocycles. The van der Waals surface area contributed by atoms with Gasteiger partial charge in [-0.25, -0.2) is 8.78 Å². The Morgan fingerprint density at radius 3 is 2.59 bits per heavy atom. The Morgan fingerprint density at radius 1 is 1.50 bits per heavy atom. The van der Waals surface area contributed by atoms with Crippen LogP contribution in [0.1, 0.15) is 50.8 Å². The summed E-state index contributed by atoms with van der Waals surface area (Å²) in [5, 5.41) is 14.5. The van der Waals surface area contributed by atoms with Crippen LogP contribution in [0, 0.1) is 16.0 Å². The van der Waals surface area contributed by atoms with Crippen LogP contribution in [0.15, 0.2) is 6.20 Å². The van der Waals surface area contributed by atoms with Crippen LogP contribution in [0.2, 0.25) is 0 Å². The number of aromatic nitrogens is 2. The number of nitro groups is 1. The van der Waals surface area contributed by atoms with E-state index in [1.165, 1.54) is 4.68 Å². The van der Waals surface area contributed by atoms with E-state index in [9.17, 15) is 23.7 Å². The zero-order valence-corrected chi connectivity index (χ0v) is 12.1. The van der Waals surface area contributed by atoms with E-state index in [1.54, 1.807) is 6.92 Å². The average Bonchev–Trinajstić information content (AvgIpc) is 2.93. The summed E-state index contributed by atoms with van der Waals surface area (Å²) in [5.41, 5.74) is -1.47. The number of halogens is 2. The SMILES string of the molecule is CCOC(=O)C1CCC(n2cc([N+](=O)[O-])c(C(F)F)n2)CC1. The van der Waals surface area contributed by atoms with Crippen LogP contribution in [0.4, 0.5) is 14.5 Å². The summed E-state index contributed by atoms with van der Waals surface area (Å²) in [5.74, 6) is -0.447. The fourth-order valence-electron chi connectivity index (χ4n) is 2.72. The lowest BCUT2D eigenvalue weighted by Crippen LogP contribution is -2.25. The van der Waals surface area contributed by atoms with Gasteiger partial charge in [-0.05, 0) is 32.6 Å². The highest BCUT2D eigenvalue weighted by Gasteiger charge is 2.32. The molecule has 1 saturated carbocycles. The Kier molecular flexibility index (Phi) is 5.04. The maximum atomic E-state index is 12.8. The van der Waals surface area contributed by atoms with E-state index in [2.05, 4.69) is 5.10 Å². The van der Waals surface area contributed by atoms with Crippen molar-refractivity contribution in [3.63, 3.8) is 0 Å². The molecule has 1 aromatic rings. The van der Waals surface area contributed by atoms with Gasteiger partial charge in [-0.3, -0.25) is 19.6 Å². The Hall–Kier alpha value is -2.06. The van der Waals surface area contributed by atoms with Gasteiger partial charge < -0.3 is 4.74 Å². The number of ether oxygens (including phenoxy) is 1. The third kappa shape index (κ3) is 3.40. The van der Waals surface area contributed by atoms with Crippen LogP contribution < -0.4 is 0 Å². The van der Waals surface area contributed by atoms with Crippen LogP contribution in [0.3, 0.4) is 0 Å². The number of carbonyl (C=O) groups excluding carboxylic acids is 1. The minimum Gasteiger partial charge on any atom is -0.466 e. The predicted octanol–water partition coefficient (Wildman–Crippen LogP) is 3.02. The second-order valence-electron chi connectivity index (χ2n) is 5.19. The molecule has 1 aliphatic rings. The van der Waals surface area contributed by atoms with E-state index < -0.39 is 22.7 Å². The maximum Gasteiger partial charge on any atom is 0.316 e. The van der Waals surface area contributed by atoms with Gasteiger partial charge in [0.25, 0.3) is 6.43 Å². The molecule has 122 valence electrons. The van der Waals surface area contributed by atoms with Crippen LogP contribution >= 0.6 is 0 Å². The van der Waals surface area contributed by atoms with Gasteiger partial charge in [0.05, 0.1) is 23.5 Å². The summed E-state index contributed by atoms with van der Waals surface area (Å²) < 4.78 is 31.8. The lowest BCUT2D eigenvalue weighted by molar-refractivity contribution is -0.386. The Labute approximate surface area is 125 Å². The topological polar surface area (TPSA) is 87.3 Å². The molecule has 2 rings (SSSR count). The number of hydrogen-bond acceptors (Lipinski definition) is 5. The van der Waals surface area contributed by atoms with E-state index in [0.717, 1.165) is 6.20 Å². The second kappa shape index (κ2) is 6.80. The first-order valence-electron chi connectivity index (χ1n) is 7.12. The van der Waals surface area contributed by atoms with E-state index in [4.69, 9.17) is 4.74 Å². The number of hydrogen-bond donors (Lipinski definition) is 0. The number of esters is 1.